The van der Waals surface area contributed by atoms with Gasteiger partial charge >= 0.3 is 5.97 Å². The first kappa shape index (κ1) is 13.8. The van der Waals surface area contributed by atoms with Gasteiger partial charge in [0, 0.05) is 16.6 Å². The highest BCUT2D eigenvalue weighted by atomic mass is 35.5. The highest BCUT2D eigenvalue weighted by Crippen LogP contribution is 2.28. The summed E-state index contributed by atoms with van der Waals surface area (Å²) in [6, 6.07) is 4.72. The number of ether oxygens (including phenoxy) is 1. The predicted octanol–water partition coefficient (Wildman–Crippen LogP) is 2.60. The summed E-state index contributed by atoms with van der Waals surface area (Å²) in [5, 5.41) is 9.49. The van der Waals surface area contributed by atoms with Gasteiger partial charge in [0.25, 0.3) is 0 Å². The van der Waals surface area contributed by atoms with Crippen LogP contribution in [-0.2, 0) is 4.79 Å². The molecule has 4 nitrogen and oxygen atoms in total. The van der Waals surface area contributed by atoms with Gasteiger partial charge in [-0.1, -0.05) is 18.5 Å². The Morgan fingerprint density at radius 3 is 2.71 bits per heavy atom. The molecule has 0 heterocycles. The number of nitrogens with two attached hydrogens (primary N) is 1. The second-order valence-corrected chi connectivity index (χ2v) is 4.26. The standard InChI is InChI=1S/C12H16ClNO3/c1-3-10(12(15)16)17-11-5-4-8(13)6-9(11)7(2)14/h4-7,10H,3,14H2,1-2H3,(H,15,16)/t7-,10?/m0/s1. The molecule has 0 amide bonds. The first-order valence-electron chi connectivity index (χ1n) is 5.40. The van der Waals surface area contributed by atoms with Gasteiger partial charge in [0.15, 0.2) is 6.10 Å². The van der Waals surface area contributed by atoms with E-state index in [1.54, 1.807) is 32.0 Å². The number of rotatable bonds is 5. The molecule has 0 aromatic heterocycles. The maximum absolute atomic E-state index is 10.9. The van der Waals surface area contributed by atoms with E-state index in [1.165, 1.54) is 0 Å². The van der Waals surface area contributed by atoms with Crippen molar-refractivity contribution in [3.63, 3.8) is 0 Å². The number of carbonyl (C=O) groups is 1. The molecule has 1 aromatic rings. The molecule has 2 atom stereocenters. The summed E-state index contributed by atoms with van der Waals surface area (Å²) < 4.78 is 5.43. The summed E-state index contributed by atoms with van der Waals surface area (Å²) >= 11 is 5.87. The lowest BCUT2D eigenvalue weighted by molar-refractivity contribution is -0.145. The molecular formula is C12H16ClNO3. The van der Waals surface area contributed by atoms with Crippen LogP contribution in [0.3, 0.4) is 0 Å². The van der Waals surface area contributed by atoms with Gasteiger partial charge in [0.1, 0.15) is 5.75 Å². The van der Waals surface area contributed by atoms with Crippen molar-refractivity contribution >= 4 is 17.6 Å². The van der Waals surface area contributed by atoms with Crippen LogP contribution < -0.4 is 10.5 Å². The van der Waals surface area contributed by atoms with E-state index in [4.69, 9.17) is 27.2 Å². The zero-order valence-electron chi connectivity index (χ0n) is 9.81. The lowest BCUT2D eigenvalue weighted by atomic mass is 10.1. The van der Waals surface area contributed by atoms with Gasteiger partial charge in [-0.05, 0) is 31.5 Å². The minimum atomic E-state index is -0.988. The lowest BCUT2D eigenvalue weighted by Crippen LogP contribution is -2.26. The molecule has 0 aliphatic heterocycles. The molecule has 1 rings (SSSR count). The number of hydrogen-bond donors (Lipinski definition) is 2. The Bertz CT molecular complexity index is 407. The fraction of sp³-hybridized carbons (Fsp3) is 0.417. The van der Waals surface area contributed by atoms with Gasteiger partial charge in [-0.3, -0.25) is 0 Å². The smallest absolute Gasteiger partial charge is 0.344 e. The average molecular weight is 258 g/mol. The van der Waals surface area contributed by atoms with E-state index in [0.29, 0.717) is 22.8 Å². The Morgan fingerprint density at radius 1 is 1.59 bits per heavy atom. The summed E-state index contributed by atoms with van der Waals surface area (Å²) in [6.45, 7) is 3.54. The van der Waals surface area contributed by atoms with Crippen molar-refractivity contribution in [2.24, 2.45) is 5.73 Å². The summed E-state index contributed by atoms with van der Waals surface area (Å²) in [7, 11) is 0. The molecule has 0 fully saturated rings. The SMILES string of the molecule is CCC(Oc1ccc(Cl)cc1[C@H](C)N)C(=O)O. The van der Waals surface area contributed by atoms with Gasteiger partial charge in [0.05, 0.1) is 0 Å². The second-order valence-electron chi connectivity index (χ2n) is 3.82. The maximum Gasteiger partial charge on any atom is 0.344 e. The largest absolute Gasteiger partial charge is 0.479 e. The number of carboxylic acids is 1. The second kappa shape index (κ2) is 5.89. The van der Waals surface area contributed by atoms with E-state index in [1.807, 2.05) is 0 Å². The third-order valence-corrected chi connectivity index (χ3v) is 2.61. The van der Waals surface area contributed by atoms with E-state index in [9.17, 15) is 4.79 Å². The number of benzene rings is 1. The highest BCUT2D eigenvalue weighted by molar-refractivity contribution is 6.30. The van der Waals surface area contributed by atoms with Crippen molar-refractivity contribution in [2.75, 3.05) is 0 Å². The molecule has 0 aliphatic rings. The third-order valence-electron chi connectivity index (χ3n) is 2.38. The Hall–Kier alpha value is -1.26. The normalized spacial score (nSPS) is 14.1. The van der Waals surface area contributed by atoms with Crippen LogP contribution in [0.5, 0.6) is 5.75 Å². The number of aliphatic carboxylic acids is 1. The average Bonchev–Trinajstić information content (AvgIpc) is 2.26. The molecule has 3 N–H and O–H groups in total. The zero-order valence-corrected chi connectivity index (χ0v) is 10.6. The molecule has 1 aromatic carbocycles. The summed E-state index contributed by atoms with van der Waals surface area (Å²) in [5.41, 5.74) is 6.50. The van der Waals surface area contributed by atoms with E-state index in [-0.39, 0.29) is 6.04 Å². The van der Waals surface area contributed by atoms with Crippen LogP contribution in [0.15, 0.2) is 18.2 Å². The Morgan fingerprint density at radius 2 is 2.24 bits per heavy atom. The van der Waals surface area contributed by atoms with E-state index in [2.05, 4.69) is 0 Å². The molecule has 17 heavy (non-hydrogen) atoms. The van der Waals surface area contributed by atoms with Crippen LogP contribution in [0.1, 0.15) is 31.9 Å². The quantitative estimate of drug-likeness (QED) is 0.850. The lowest BCUT2D eigenvalue weighted by Gasteiger charge is -2.18. The first-order chi connectivity index (χ1) is 7.95. The zero-order chi connectivity index (χ0) is 13.0. The van der Waals surface area contributed by atoms with E-state index in [0.717, 1.165) is 0 Å². The van der Waals surface area contributed by atoms with Gasteiger partial charge in [-0.25, -0.2) is 4.79 Å². The van der Waals surface area contributed by atoms with Crippen molar-refractivity contribution in [2.45, 2.75) is 32.4 Å². The van der Waals surface area contributed by atoms with Crippen molar-refractivity contribution in [3.05, 3.63) is 28.8 Å². The maximum atomic E-state index is 10.9. The van der Waals surface area contributed by atoms with Gasteiger partial charge in [-0.2, -0.15) is 0 Å². The third kappa shape index (κ3) is 3.61. The summed E-state index contributed by atoms with van der Waals surface area (Å²) in [4.78, 5) is 10.9. The Balaban J connectivity index is 3.01. The van der Waals surface area contributed by atoms with Crippen LogP contribution >= 0.6 is 11.6 Å². The number of halogens is 1. The molecule has 0 radical (unpaired) electrons. The van der Waals surface area contributed by atoms with Crippen LogP contribution in [0.2, 0.25) is 5.02 Å². The molecule has 0 saturated heterocycles. The van der Waals surface area contributed by atoms with Crippen molar-refractivity contribution < 1.29 is 14.6 Å². The summed E-state index contributed by atoms with van der Waals surface area (Å²) in [6.07, 6.45) is -0.482. The van der Waals surface area contributed by atoms with Crippen molar-refractivity contribution in [3.8, 4) is 5.75 Å². The molecular weight excluding hydrogens is 242 g/mol. The molecule has 0 bridgehead atoms. The number of carboxylic acid groups (broad SMARTS) is 1. The topological polar surface area (TPSA) is 72.5 Å². The van der Waals surface area contributed by atoms with Gasteiger partial charge in [0.2, 0.25) is 0 Å². The minimum absolute atomic E-state index is 0.269. The van der Waals surface area contributed by atoms with Crippen LogP contribution in [0.4, 0.5) is 0 Å². The molecule has 0 aliphatic carbocycles. The Kier molecular flexibility index (Phi) is 4.78. The predicted molar refractivity (Wildman–Crippen MR) is 66.4 cm³/mol. The van der Waals surface area contributed by atoms with E-state index < -0.39 is 12.1 Å². The highest BCUT2D eigenvalue weighted by Gasteiger charge is 2.19. The van der Waals surface area contributed by atoms with Crippen molar-refractivity contribution in [1.82, 2.24) is 0 Å². The fourth-order valence-corrected chi connectivity index (χ4v) is 1.62. The van der Waals surface area contributed by atoms with E-state index >= 15 is 0 Å². The molecule has 5 heteroatoms. The van der Waals surface area contributed by atoms with Gasteiger partial charge < -0.3 is 15.6 Å². The Labute approximate surface area is 105 Å². The molecule has 1 unspecified atom stereocenters. The monoisotopic (exact) mass is 257 g/mol. The van der Waals surface area contributed by atoms with Crippen molar-refractivity contribution in [1.29, 1.82) is 0 Å². The van der Waals surface area contributed by atoms with Crippen LogP contribution in [0.25, 0.3) is 0 Å². The molecule has 94 valence electrons. The summed E-state index contributed by atoms with van der Waals surface area (Å²) in [5.74, 6) is -0.517. The minimum Gasteiger partial charge on any atom is -0.479 e. The molecule has 0 spiro atoms. The van der Waals surface area contributed by atoms with Crippen LogP contribution in [0, 0.1) is 0 Å². The first-order valence-corrected chi connectivity index (χ1v) is 5.78. The fourth-order valence-electron chi connectivity index (χ4n) is 1.44. The van der Waals surface area contributed by atoms with Crippen LogP contribution in [-0.4, -0.2) is 17.2 Å². The molecule has 0 saturated carbocycles. The van der Waals surface area contributed by atoms with Gasteiger partial charge in [-0.15, -0.1) is 0 Å². The number of hydrogen-bond acceptors (Lipinski definition) is 3.